The molecule has 24 heavy (non-hydrogen) atoms. The van der Waals surface area contributed by atoms with Gasteiger partial charge >= 0.3 is 5.97 Å². The number of carbonyl (C=O) groups excluding carboxylic acids is 2. The van der Waals surface area contributed by atoms with Crippen LogP contribution in [0.4, 0.5) is 0 Å². The fourth-order valence-electron chi connectivity index (χ4n) is 3.06. The minimum absolute atomic E-state index is 0.189. The molecule has 6 heteroatoms. The smallest absolute Gasteiger partial charge is 0.331 e. The molecular formula is C18H24ClNO3S. The first-order valence-electron chi connectivity index (χ1n) is 8.27. The number of hydrogen-bond donors (Lipinski definition) is 2. The predicted octanol–water partition coefficient (Wildman–Crippen LogP) is 3.48. The van der Waals surface area contributed by atoms with Gasteiger partial charge in [0.2, 0.25) is 5.91 Å². The van der Waals surface area contributed by atoms with Crippen molar-refractivity contribution >= 4 is 36.1 Å². The van der Waals surface area contributed by atoms with Crippen molar-refractivity contribution in [3.8, 4) is 0 Å². The molecule has 0 unspecified atom stereocenters. The van der Waals surface area contributed by atoms with Crippen LogP contribution in [-0.2, 0) is 20.7 Å². The first kappa shape index (κ1) is 19.1. The molecule has 2 rings (SSSR count). The van der Waals surface area contributed by atoms with Gasteiger partial charge in [-0.1, -0.05) is 17.7 Å². The number of benzene rings is 1. The minimum Gasteiger partial charge on any atom is -0.464 e. The molecule has 0 bridgehead atoms. The molecule has 0 heterocycles. The number of thiol groups is 1. The Kier molecular flexibility index (Phi) is 6.58. The van der Waals surface area contributed by atoms with Gasteiger partial charge in [-0.05, 0) is 62.8 Å². The summed E-state index contributed by atoms with van der Waals surface area (Å²) in [4.78, 5) is 25.0. The van der Waals surface area contributed by atoms with Crippen molar-refractivity contribution in [1.82, 2.24) is 5.32 Å². The van der Waals surface area contributed by atoms with E-state index >= 15 is 0 Å². The normalized spacial score (nSPS) is 23.6. The molecule has 0 spiro atoms. The number of aryl methyl sites for hydroxylation is 1. The molecule has 1 aliphatic carbocycles. The molecule has 0 atom stereocenters. The summed E-state index contributed by atoms with van der Waals surface area (Å²) in [5.74, 6) is -0.535. The van der Waals surface area contributed by atoms with Crippen LogP contribution in [0.25, 0.3) is 0 Å². The number of rotatable bonds is 5. The lowest BCUT2D eigenvalue weighted by molar-refractivity contribution is -0.155. The van der Waals surface area contributed by atoms with Gasteiger partial charge < -0.3 is 10.1 Å². The summed E-state index contributed by atoms with van der Waals surface area (Å²) in [6, 6.07) is 5.47. The molecule has 0 radical (unpaired) electrons. The van der Waals surface area contributed by atoms with E-state index in [0.29, 0.717) is 24.5 Å². The van der Waals surface area contributed by atoms with Gasteiger partial charge in [0.15, 0.2) is 0 Å². The highest BCUT2D eigenvalue weighted by Crippen LogP contribution is 2.32. The third kappa shape index (κ3) is 4.67. The summed E-state index contributed by atoms with van der Waals surface area (Å²) >= 11 is 10.5. The van der Waals surface area contributed by atoms with E-state index in [9.17, 15) is 9.59 Å². The average Bonchev–Trinajstić information content (AvgIpc) is 2.53. The van der Waals surface area contributed by atoms with Crippen LogP contribution in [0.5, 0.6) is 0 Å². The Morgan fingerprint density at radius 1 is 1.38 bits per heavy atom. The standard InChI is InChI=1S/C18H24ClNO3S/c1-3-23-17(22)18(8-6-15(24)7-9-18)20-16(21)11-13-10-14(19)5-4-12(13)2/h4-5,10,15,24H,3,6-9,11H2,1-2H3,(H,20,21). The number of nitrogens with one attached hydrogen (secondary N) is 1. The Bertz CT molecular complexity index is 612. The van der Waals surface area contributed by atoms with Crippen molar-refractivity contribution in [3.63, 3.8) is 0 Å². The summed E-state index contributed by atoms with van der Waals surface area (Å²) in [6.07, 6.45) is 2.86. The zero-order chi connectivity index (χ0) is 17.7. The van der Waals surface area contributed by atoms with Crippen molar-refractivity contribution < 1.29 is 14.3 Å². The maximum Gasteiger partial charge on any atom is 0.331 e. The summed E-state index contributed by atoms with van der Waals surface area (Å²) < 4.78 is 5.21. The Labute approximate surface area is 153 Å². The molecule has 0 aliphatic heterocycles. The Morgan fingerprint density at radius 3 is 2.67 bits per heavy atom. The van der Waals surface area contributed by atoms with Gasteiger partial charge in [-0.25, -0.2) is 4.79 Å². The molecule has 1 saturated carbocycles. The molecular weight excluding hydrogens is 346 g/mol. The van der Waals surface area contributed by atoms with Crippen molar-refractivity contribution in [2.75, 3.05) is 6.61 Å². The monoisotopic (exact) mass is 369 g/mol. The highest BCUT2D eigenvalue weighted by molar-refractivity contribution is 7.80. The van der Waals surface area contributed by atoms with E-state index in [-0.39, 0.29) is 23.5 Å². The van der Waals surface area contributed by atoms with E-state index in [2.05, 4.69) is 17.9 Å². The molecule has 1 aromatic carbocycles. The summed E-state index contributed by atoms with van der Waals surface area (Å²) in [6.45, 7) is 4.01. The number of esters is 1. The second-order valence-corrected chi connectivity index (χ2v) is 7.50. The fourth-order valence-corrected chi connectivity index (χ4v) is 3.51. The molecule has 1 N–H and O–H groups in total. The molecule has 1 aliphatic rings. The van der Waals surface area contributed by atoms with Gasteiger partial charge in [0.1, 0.15) is 5.54 Å². The third-order valence-electron chi connectivity index (χ3n) is 4.52. The summed E-state index contributed by atoms with van der Waals surface area (Å²) in [7, 11) is 0. The largest absolute Gasteiger partial charge is 0.464 e. The summed E-state index contributed by atoms with van der Waals surface area (Å²) in [5, 5.41) is 3.80. The van der Waals surface area contributed by atoms with Crippen LogP contribution in [0, 0.1) is 6.92 Å². The highest BCUT2D eigenvalue weighted by Gasteiger charge is 2.43. The Morgan fingerprint density at radius 2 is 2.04 bits per heavy atom. The van der Waals surface area contributed by atoms with Gasteiger partial charge in [-0.15, -0.1) is 0 Å². The second kappa shape index (κ2) is 8.26. The molecule has 1 amide bonds. The predicted molar refractivity (Wildman–Crippen MR) is 98.6 cm³/mol. The van der Waals surface area contributed by atoms with Crippen LogP contribution in [-0.4, -0.2) is 29.3 Å². The van der Waals surface area contributed by atoms with E-state index in [4.69, 9.17) is 16.3 Å². The Hall–Kier alpha value is -1.20. The molecule has 0 saturated heterocycles. The number of carbonyl (C=O) groups is 2. The lowest BCUT2D eigenvalue weighted by Crippen LogP contribution is -2.57. The minimum atomic E-state index is -0.932. The van der Waals surface area contributed by atoms with E-state index in [1.54, 1.807) is 19.1 Å². The number of ether oxygens (including phenoxy) is 1. The van der Waals surface area contributed by atoms with Crippen molar-refractivity contribution in [2.24, 2.45) is 0 Å². The topological polar surface area (TPSA) is 55.4 Å². The number of amides is 1. The van der Waals surface area contributed by atoms with Gasteiger partial charge in [0.25, 0.3) is 0 Å². The molecule has 1 aromatic rings. The van der Waals surface area contributed by atoms with Crippen LogP contribution < -0.4 is 5.32 Å². The van der Waals surface area contributed by atoms with Crippen LogP contribution in [0.15, 0.2) is 18.2 Å². The highest BCUT2D eigenvalue weighted by atomic mass is 35.5. The van der Waals surface area contributed by atoms with E-state index in [1.165, 1.54) is 0 Å². The molecule has 132 valence electrons. The van der Waals surface area contributed by atoms with Crippen LogP contribution in [0.2, 0.25) is 5.02 Å². The van der Waals surface area contributed by atoms with Crippen molar-refractivity contribution in [3.05, 3.63) is 34.3 Å². The van der Waals surface area contributed by atoms with Crippen LogP contribution >= 0.6 is 24.2 Å². The molecule has 0 aromatic heterocycles. The zero-order valence-electron chi connectivity index (χ0n) is 14.1. The van der Waals surface area contributed by atoms with E-state index in [0.717, 1.165) is 24.0 Å². The SMILES string of the molecule is CCOC(=O)C1(NC(=O)Cc2cc(Cl)ccc2C)CCC(S)CC1. The van der Waals surface area contributed by atoms with Gasteiger partial charge in [0.05, 0.1) is 13.0 Å². The lowest BCUT2D eigenvalue weighted by Gasteiger charge is -2.37. The molecule has 4 nitrogen and oxygen atoms in total. The first-order chi connectivity index (χ1) is 11.4. The lowest BCUT2D eigenvalue weighted by atomic mass is 9.81. The number of halogens is 1. The number of hydrogen-bond acceptors (Lipinski definition) is 4. The van der Waals surface area contributed by atoms with Gasteiger partial charge in [-0.2, -0.15) is 12.6 Å². The molecule has 1 fully saturated rings. The fraction of sp³-hybridized carbons (Fsp3) is 0.556. The van der Waals surface area contributed by atoms with Crippen LogP contribution in [0.1, 0.15) is 43.7 Å². The van der Waals surface area contributed by atoms with Crippen molar-refractivity contribution in [2.45, 2.75) is 56.7 Å². The quantitative estimate of drug-likeness (QED) is 0.617. The average molecular weight is 370 g/mol. The van der Waals surface area contributed by atoms with Gasteiger partial charge in [0, 0.05) is 10.3 Å². The first-order valence-corrected chi connectivity index (χ1v) is 9.17. The zero-order valence-corrected chi connectivity index (χ0v) is 15.8. The van der Waals surface area contributed by atoms with Crippen LogP contribution in [0.3, 0.4) is 0 Å². The summed E-state index contributed by atoms with van der Waals surface area (Å²) in [5.41, 5.74) is 0.930. The third-order valence-corrected chi connectivity index (χ3v) is 5.27. The van der Waals surface area contributed by atoms with Crippen molar-refractivity contribution in [1.29, 1.82) is 0 Å². The van der Waals surface area contributed by atoms with E-state index in [1.807, 2.05) is 13.0 Å². The maximum absolute atomic E-state index is 12.6. The second-order valence-electron chi connectivity index (χ2n) is 6.33. The van der Waals surface area contributed by atoms with E-state index < -0.39 is 5.54 Å². The maximum atomic E-state index is 12.6. The Balaban J connectivity index is 2.12. The van der Waals surface area contributed by atoms with Gasteiger partial charge in [-0.3, -0.25) is 4.79 Å².